The molecule has 1 atom stereocenters. The first-order valence-electron chi connectivity index (χ1n) is 6.49. The van der Waals surface area contributed by atoms with Crippen LogP contribution in [0.3, 0.4) is 0 Å². The Labute approximate surface area is 250 Å². The number of benzene rings is 2. The number of carbonyl (C=O) groups excluding carboxylic acids is 1. The van der Waals surface area contributed by atoms with E-state index in [1.165, 1.54) is 0 Å². The summed E-state index contributed by atoms with van der Waals surface area (Å²) in [6, 6.07) is 6.16. The second-order valence-corrected chi connectivity index (χ2v) is 9.50. The van der Waals surface area contributed by atoms with Crippen molar-refractivity contribution in [2.24, 2.45) is 5.73 Å². The Kier molecular flexibility index (Phi) is 14.1. The summed E-state index contributed by atoms with van der Waals surface area (Å²) in [5, 5.41) is 20.6. The molecule has 0 fully saturated rings. The fourth-order valence-corrected chi connectivity index (χ4v) is 5.71. The standard InChI is InChI=1S/C15H11I4NO4.2Na/c16-8-4-7(5-9(17)13(8)21)24-14-10(18)1-6(2-11(14)19)3-12(20)15(22)23;;/h1-2,4-5,12,21H,3,20H2,(H,22,23);;/q;2*+1/p-1/t12-;;/m0../s1. The predicted octanol–water partition coefficient (Wildman–Crippen LogP) is -2.77. The Balaban J connectivity index is 0.00000312. The van der Waals surface area contributed by atoms with Crippen LogP contribution in [-0.2, 0) is 11.2 Å². The van der Waals surface area contributed by atoms with Crippen molar-refractivity contribution in [1.82, 2.24) is 0 Å². The van der Waals surface area contributed by atoms with Gasteiger partial charge in [-0.2, -0.15) is 0 Å². The summed E-state index contributed by atoms with van der Waals surface area (Å²) in [4.78, 5) is 10.8. The number of phenols is 1. The Bertz CT molecular complexity index is 761. The average Bonchev–Trinajstić information content (AvgIpc) is 2.48. The van der Waals surface area contributed by atoms with Gasteiger partial charge in [0.25, 0.3) is 0 Å². The van der Waals surface area contributed by atoms with Gasteiger partial charge in [-0.1, -0.05) is 0 Å². The van der Waals surface area contributed by atoms with Crippen LogP contribution in [0, 0.1) is 14.3 Å². The van der Waals surface area contributed by atoms with E-state index in [4.69, 9.17) is 10.5 Å². The number of ether oxygens (including phenoxy) is 1. The number of aromatic hydroxyl groups is 1. The monoisotopic (exact) mass is 822 g/mol. The Morgan fingerprint density at radius 1 is 1.04 bits per heavy atom. The quantitative estimate of drug-likeness (QED) is 0.252. The van der Waals surface area contributed by atoms with Crippen LogP contribution in [0.1, 0.15) is 5.56 Å². The molecule has 0 heterocycles. The molecule has 26 heavy (non-hydrogen) atoms. The molecule has 0 saturated heterocycles. The van der Waals surface area contributed by atoms with E-state index in [9.17, 15) is 15.0 Å². The molecule has 0 spiro atoms. The molecule has 2 aromatic carbocycles. The number of carboxylic acid groups (broad SMARTS) is 1. The fraction of sp³-hybridized carbons (Fsp3) is 0.133. The maximum atomic E-state index is 10.8. The molecule has 0 aliphatic rings. The van der Waals surface area contributed by atoms with Gasteiger partial charge < -0.3 is 25.5 Å². The second kappa shape index (κ2) is 12.9. The van der Waals surface area contributed by atoms with Gasteiger partial charge in [-0.05, 0) is 127 Å². The summed E-state index contributed by atoms with van der Waals surface area (Å²) >= 11 is 8.37. The van der Waals surface area contributed by atoms with Gasteiger partial charge in [0, 0.05) is 6.04 Å². The number of hydrogen-bond donors (Lipinski definition) is 2. The smallest absolute Gasteiger partial charge is 0.548 e. The maximum absolute atomic E-state index is 10.8. The molecule has 5 nitrogen and oxygen atoms in total. The summed E-state index contributed by atoms with van der Waals surface area (Å²) in [7, 11) is 0. The third-order valence-electron chi connectivity index (χ3n) is 3.03. The van der Waals surface area contributed by atoms with Crippen LogP contribution in [-0.4, -0.2) is 17.1 Å². The van der Waals surface area contributed by atoms with E-state index in [-0.39, 0.29) is 71.3 Å². The Morgan fingerprint density at radius 2 is 1.50 bits per heavy atom. The zero-order valence-corrected chi connectivity index (χ0v) is 26.5. The molecule has 11 heteroatoms. The number of aliphatic carboxylic acids is 1. The minimum atomic E-state index is -1.27. The van der Waals surface area contributed by atoms with Crippen molar-refractivity contribution < 1.29 is 78.9 Å². The molecule has 2 rings (SSSR count). The molecule has 0 bridgehead atoms. The van der Waals surface area contributed by atoms with Crippen molar-refractivity contribution in [3.8, 4) is 17.2 Å². The van der Waals surface area contributed by atoms with Crippen LogP contribution in [0.5, 0.6) is 17.2 Å². The molecule has 0 aromatic heterocycles. The topological polar surface area (TPSA) is 95.6 Å². The van der Waals surface area contributed by atoms with Crippen molar-refractivity contribution in [3.05, 3.63) is 44.1 Å². The zero-order valence-electron chi connectivity index (χ0n) is 13.9. The Hall–Kier alpha value is 2.39. The first kappa shape index (κ1) is 28.4. The summed E-state index contributed by atoms with van der Waals surface area (Å²) in [6.45, 7) is 0. The van der Waals surface area contributed by atoms with Crippen molar-refractivity contribution in [2.75, 3.05) is 0 Å². The number of rotatable bonds is 5. The van der Waals surface area contributed by atoms with Gasteiger partial charge in [-0.3, -0.25) is 0 Å². The number of nitrogens with two attached hydrogens (primary N) is 1. The first-order valence-corrected chi connectivity index (χ1v) is 10.8. The predicted molar refractivity (Wildman–Crippen MR) is 122 cm³/mol. The van der Waals surface area contributed by atoms with Crippen molar-refractivity contribution in [2.45, 2.75) is 12.5 Å². The van der Waals surface area contributed by atoms with Gasteiger partial charge in [0.2, 0.25) is 0 Å². The van der Waals surface area contributed by atoms with Gasteiger partial charge >= 0.3 is 59.1 Å². The molecular weight excluding hydrogens is 812 g/mol. The zero-order chi connectivity index (χ0) is 18.0. The van der Waals surface area contributed by atoms with Crippen molar-refractivity contribution in [3.63, 3.8) is 0 Å². The van der Waals surface area contributed by atoms with E-state index < -0.39 is 12.0 Å². The molecular formula is C15H10I4NNa2O4+. The molecule has 0 amide bonds. The van der Waals surface area contributed by atoms with Gasteiger partial charge in [-0.15, -0.1) is 0 Å². The summed E-state index contributed by atoms with van der Waals surface area (Å²) in [5.74, 6) is 0.268. The third kappa shape index (κ3) is 7.91. The molecule has 0 saturated carbocycles. The average molecular weight is 822 g/mol. The number of halogens is 4. The van der Waals surface area contributed by atoms with Gasteiger partial charge in [0.05, 0.1) is 20.3 Å². The molecule has 2 aromatic rings. The van der Waals surface area contributed by atoms with E-state index in [0.29, 0.717) is 18.6 Å². The van der Waals surface area contributed by atoms with Crippen LogP contribution in [0.2, 0.25) is 0 Å². The Morgan fingerprint density at radius 3 is 1.92 bits per heavy atom. The minimum Gasteiger partial charge on any atom is -0.548 e. The molecule has 0 aliphatic carbocycles. The maximum Gasteiger partial charge on any atom is 1.00 e. The first-order chi connectivity index (χ1) is 11.2. The van der Waals surface area contributed by atoms with E-state index in [1.807, 2.05) is 57.3 Å². The normalized spacial score (nSPS) is 11.1. The number of carboxylic acids is 1. The number of phenolic OH excluding ortho intramolecular Hbond substituents is 1. The van der Waals surface area contributed by atoms with E-state index in [1.54, 1.807) is 12.1 Å². The van der Waals surface area contributed by atoms with E-state index in [0.717, 1.165) is 12.7 Å². The molecule has 0 radical (unpaired) electrons. The molecule has 3 N–H and O–H groups in total. The van der Waals surface area contributed by atoms with E-state index in [2.05, 4.69) is 45.2 Å². The minimum absolute atomic E-state index is 0. The van der Waals surface area contributed by atoms with Gasteiger partial charge in [0.15, 0.2) is 5.75 Å². The van der Waals surface area contributed by atoms with Crippen LogP contribution in [0.15, 0.2) is 24.3 Å². The van der Waals surface area contributed by atoms with Gasteiger partial charge in [0.1, 0.15) is 11.5 Å². The van der Waals surface area contributed by atoms with Crippen molar-refractivity contribution in [1.29, 1.82) is 0 Å². The summed E-state index contributed by atoms with van der Waals surface area (Å²) < 4.78 is 9.07. The molecule has 0 aliphatic heterocycles. The largest absolute Gasteiger partial charge is 1.00 e. The molecule has 128 valence electrons. The van der Waals surface area contributed by atoms with Crippen molar-refractivity contribution >= 4 is 96.3 Å². The fourth-order valence-electron chi connectivity index (χ4n) is 1.88. The van der Waals surface area contributed by atoms with Crippen LogP contribution in [0.4, 0.5) is 0 Å². The second-order valence-electron chi connectivity index (χ2n) is 4.86. The van der Waals surface area contributed by atoms with Gasteiger partial charge in [-0.25, -0.2) is 0 Å². The number of hydrogen-bond acceptors (Lipinski definition) is 5. The van der Waals surface area contributed by atoms with E-state index >= 15 is 0 Å². The summed E-state index contributed by atoms with van der Waals surface area (Å²) in [6.07, 6.45) is 0.198. The van der Waals surface area contributed by atoms with Crippen LogP contribution < -0.4 is 74.7 Å². The van der Waals surface area contributed by atoms with Crippen LogP contribution >= 0.6 is 90.4 Å². The van der Waals surface area contributed by atoms with Crippen LogP contribution in [0.25, 0.3) is 0 Å². The number of carbonyl (C=O) groups is 1. The third-order valence-corrected chi connectivity index (χ3v) is 6.27. The molecule has 0 unspecified atom stereocenters. The summed E-state index contributed by atoms with van der Waals surface area (Å²) in [5.41, 5.74) is 6.34. The SMILES string of the molecule is N[C@@H](Cc1cc(I)c(Oc2cc(I)c(O)c(I)c2)c(I)c1)C(=O)[O-].[Na+].[Na+].